The summed E-state index contributed by atoms with van der Waals surface area (Å²) in [7, 11) is 0. The third-order valence-corrected chi connectivity index (χ3v) is 15.8. The zero-order valence-electron chi connectivity index (χ0n) is 45.3. The van der Waals surface area contributed by atoms with Crippen LogP contribution in [0.1, 0.15) is 72.3 Å². The fourth-order valence-electron chi connectivity index (χ4n) is 10.1. The predicted molar refractivity (Wildman–Crippen MR) is 306 cm³/mol. The van der Waals surface area contributed by atoms with Gasteiger partial charge in [-0.3, -0.25) is 29.0 Å². The van der Waals surface area contributed by atoms with Crippen LogP contribution >= 0.6 is 11.8 Å². The number of para-hydroxylation sites is 2. The zero-order chi connectivity index (χ0) is 55.3. The highest BCUT2D eigenvalue weighted by molar-refractivity contribution is 8.00. The van der Waals surface area contributed by atoms with Crippen LogP contribution in [0.2, 0.25) is 0 Å². The molecule has 428 valence electrons. The molecule has 23 heteroatoms. The maximum Gasteiger partial charge on any atom is 0.315 e. The minimum absolute atomic E-state index is 0.00556. The number of urea groups is 1. The van der Waals surface area contributed by atoms with E-state index in [4.69, 9.17) is 33.7 Å². The summed E-state index contributed by atoms with van der Waals surface area (Å²) >= 11 is 1.88. The highest BCUT2D eigenvalue weighted by Crippen LogP contribution is 2.34. The standard InChI is InChI=1S/C57H74N12O10S/c70-52(16-6-5-15-49-54-46(38-80-49)64-57(74)67-54)59-18-26-75-31-32-76-27-19-60-53(71)37-58-17-28-77-39-33-44(55(72)65-50-35-47(40-11-1-3-13-42(40)62-50)78-29-24-68-20-7-8-21-68)61-45(34-39)56(73)66-51-36-48(41-12-2-4-14-43(41)63-51)79-30-25-69-22-9-10-23-69/h1-4,11-14,33-36,46,49,54,58H,5-10,15-32,37-38H2,(H,59,70)(H,60,71)(H,62,65,72)(H,63,66,73)(H2,64,67,74)/t46-,49-,54-/m0/s1. The molecule has 4 aliphatic rings. The summed E-state index contributed by atoms with van der Waals surface area (Å²) in [5, 5.41) is 22.5. The van der Waals surface area contributed by atoms with Crippen LogP contribution in [0.15, 0.2) is 72.8 Å². The topological polar surface area (TPSA) is 261 Å². The molecule has 7 N–H and O–H groups in total. The van der Waals surface area contributed by atoms with E-state index in [-0.39, 0.29) is 78.4 Å². The summed E-state index contributed by atoms with van der Waals surface area (Å²) in [6.45, 7) is 9.14. The number of fused-ring (bicyclic) bond motifs is 3. The molecule has 4 fully saturated rings. The number of benzene rings is 2. The molecule has 9 rings (SSSR count). The van der Waals surface area contributed by atoms with Crippen LogP contribution in [0.25, 0.3) is 21.8 Å². The highest BCUT2D eigenvalue weighted by atomic mass is 32.2. The number of aromatic nitrogens is 3. The Morgan fingerprint density at radius 3 is 1.76 bits per heavy atom. The first kappa shape index (κ1) is 57.8. The maximum absolute atomic E-state index is 14.1. The highest BCUT2D eigenvalue weighted by Gasteiger charge is 2.42. The number of amides is 6. The van der Waals surface area contributed by atoms with Gasteiger partial charge in [-0.25, -0.2) is 19.7 Å². The smallest absolute Gasteiger partial charge is 0.315 e. The molecule has 3 atom stereocenters. The molecule has 0 aliphatic carbocycles. The number of nitrogens with zero attached hydrogens (tertiary/aromatic N) is 5. The third kappa shape index (κ3) is 17.3. The molecular formula is C57H74N12O10S. The molecule has 6 amide bonds. The van der Waals surface area contributed by atoms with Crippen molar-refractivity contribution in [3.05, 3.63) is 84.2 Å². The molecule has 3 aromatic heterocycles. The molecule has 0 radical (unpaired) electrons. The van der Waals surface area contributed by atoms with Gasteiger partial charge in [0.15, 0.2) is 0 Å². The average molecular weight is 1120 g/mol. The molecule has 0 spiro atoms. The number of hydrogen-bond donors (Lipinski definition) is 7. The summed E-state index contributed by atoms with van der Waals surface area (Å²) in [6.07, 6.45) is 7.88. The van der Waals surface area contributed by atoms with Crippen LogP contribution in [0.4, 0.5) is 16.4 Å². The third-order valence-electron chi connectivity index (χ3n) is 14.3. The van der Waals surface area contributed by atoms with E-state index in [0.29, 0.717) is 86.9 Å². The van der Waals surface area contributed by atoms with Gasteiger partial charge in [0.25, 0.3) is 11.8 Å². The molecule has 22 nitrogen and oxygen atoms in total. The number of carbonyl (C=O) groups excluding carboxylic acids is 5. The van der Waals surface area contributed by atoms with Gasteiger partial charge in [-0.1, -0.05) is 30.7 Å². The number of ether oxygens (including phenoxy) is 5. The van der Waals surface area contributed by atoms with Crippen LogP contribution in [-0.4, -0.2) is 189 Å². The number of pyridine rings is 3. The van der Waals surface area contributed by atoms with Crippen LogP contribution in [0.5, 0.6) is 17.2 Å². The second-order valence-electron chi connectivity index (χ2n) is 20.1. The van der Waals surface area contributed by atoms with Crippen molar-refractivity contribution in [2.24, 2.45) is 0 Å². The SMILES string of the molecule is O=C(CCCC[C@@H]1SC[C@@H]2NC(=O)N[C@@H]21)NCCOCCOCCNC(=O)CNCCOc1cc(C(=O)Nc2cc(OCCN3CCCC3)c3ccccc3n2)nc(C(=O)Nc2cc(OCCN3CCCC3)c3ccccc3n2)c1. The van der Waals surface area contributed by atoms with Gasteiger partial charge in [0.1, 0.15) is 60.1 Å². The fraction of sp³-hybridized carbons (Fsp3) is 0.509. The quantitative estimate of drug-likeness (QED) is 0.0229. The Morgan fingerprint density at radius 2 is 1.18 bits per heavy atom. The Balaban J connectivity index is 0.724. The van der Waals surface area contributed by atoms with Crippen molar-refractivity contribution in [3.8, 4) is 17.2 Å². The fourth-order valence-corrected chi connectivity index (χ4v) is 11.7. The average Bonchev–Trinajstić information content (AvgIpc) is 4.35. The Kier molecular flexibility index (Phi) is 21.7. The van der Waals surface area contributed by atoms with Crippen LogP contribution in [0, 0.1) is 0 Å². The molecule has 80 heavy (non-hydrogen) atoms. The number of nitrogens with one attached hydrogen (secondary N) is 7. The second-order valence-corrected chi connectivity index (χ2v) is 21.4. The van der Waals surface area contributed by atoms with Crippen molar-refractivity contribution in [3.63, 3.8) is 0 Å². The molecule has 7 heterocycles. The lowest BCUT2D eigenvalue weighted by molar-refractivity contribution is -0.122. The Morgan fingerprint density at radius 1 is 0.613 bits per heavy atom. The van der Waals surface area contributed by atoms with Gasteiger partial charge >= 0.3 is 6.03 Å². The summed E-state index contributed by atoms with van der Waals surface area (Å²) in [6, 6.07) is 21.7. The normalized spacial score (nSPS) is 17.9. The molecular weight excluding hydrogens is 1040 g/mol. The van der Waals surface area contributed by atoms with Crippen LogP contribution < -0.4 is 51.4 Å². The van der Waals surface area contributed by atoms with Crippen molar-refractivity contribution in [2.45, 2.75) is 68.7 Å². The Hall–Kier alpha value is -6.89. The molecule has 0 saturated carbocycles. The number of likely N-dealkylation sites (tertiary alicyclic amines) is 2. The lowest BCUT2D eigenvalue weighted by Gasteiger charge is -2.17. The number of carbonyl (C=O) groups is 5. The van der Waals surface area contributed by atoms with Gasteiger partial charge in [0.05, 0.1) is 56.1 Å². The predicted octanol–water partition coefficient (Wildman–Crippen LogP) is 4.59. The summed E-state index contributed by atoms with van der Waals surface area (Å²) < 4.78 is 29.8. The van der Waals surface area contributed by atoms with Crippen LogP contribution in [-0.2, 0) is 19.1 Å². The van der Waals surface area contributed by atoms with Crippen molar-refractivity contribution >= 4 is 74.9 Å². The van der Waals surface area contributed by atoms with E-state index < -0.39 is 11.8 Å². The molecule has 2 aromatic carbocycles. The zero-order valence-corrected chi connectivity index (χ0v) is 46.1. The monoisotopic (exact) mass is 1120 g/mol. The first-order valence-electron chi connectivity index (χ1n) is 28.1. The lowest BCUT2D eigenvalue weighted by atomic mass is 10.0. The first-order valence-corrected chi connectivity index (χ1v) is 29.1. The Bertz CT molecular complexity index is 2750. The lowest BCUT2D eigenvalue weighted by Crippen LogP contribution is -2.37. The van der Waals surface area contributed by atoms with Gasteiger partial charge in [0, 0.05) is 85.2 Å². The molecule has 0 unspecified atom stereocenters. The largest absolute Gasteiger partial charge is 0.492 e. The van der Waals surface area contributed by atoms with E-state index in [9.17, 15) is 24.0 Å². The number of hydrogen-bond acceptors (Lipinski definition) is 17. The van der Waals surface area contributed by atoms with Crippen LogP contribution in [0.3, 0.4) is 0 Å². The summed E-state index contributed by atoms with van der Waals surface area (Å²) in [5.41, 5.74) is 1.07. The van der Waals surface area contributed by atoms with Crippen molar-refractivity contribution in [1.29, 1.82) is 0 Å². The van der Waals surface area contributed by atoms with Gasteiger partial charge in [-0.2, -0.15) is 11.8 Å². The second kappa shape index (κ2) is 30.1. The molecule has 4 aliphatic heterocycles. The summed E-state index contributed by atoms with van der Waals surface area (Å²) in [5.74, 6) is 1.28. The molecule has 5 aromatic rings. The first-order chi connectivity index (χ1) is 39.2. The minimum atomic E-state index is -0.629. The van der Waals surface area contributed by atoms with Crippen molar-refractivity contribution < 1.29 is 47.7 Å². The summed E-state index contributed by atoms with van der Waals surface area (Å²) in [4.78, 5) is 83.3. The van der Waals surface area contributed by atoms with E-state index in [1.165, 1.54) is 37.8 Å². The van der Waals surface area contributed by atoms with Crippen molar-refractivity contribution in [1.82, 2.24) is 51.3 Å². The van der Waals surface area contributed by atoms with Gasteiger partial charge in [-0.15, -0.1) is 0 Å². The van der Waals surface area contributed by atoms with E-state index in [2.05, 4.69) is 52.0 Å². The minimum Gasteiger partial charge on any atom is -0.492 e. The van der Waals surface area contributed by atoms with E-state index in [1.54, 1.807) is 12.1 Å². The number of anilines is 2. The maximum atomic E-state index is 14.1. The van der Waals surface area contributed by atoms with Gasteiger partial charge < -0.3 is 60.9 Å². The van der Waals surface area contributed by atoms with E-state index in [0.717, 1.165) is 75.1 Å². The Labute approximate surface area is 470 Å². The molecule has 0 bridgehead atoms. The van der Waals surface area contributed by atoms with Crippen molar-refractivity contribution in [2.75, 3.05) is 128 Å². The van der Waals surface area contributed by atoms with E-state index >= 15 is 0 Å². The number of unbranched alkanes of at least 4 members (excludes halogenated alkanes) is 1. The van der Waals surface area contributed by atoms with Gasteiger partial charge in [-0.05, 0) is 89.0 Å². The number of thioether (sulfide) groups is 1. The van der Waals surface area contributed by atoms with E-state index in [1.807, 2.05) is 60.3 Å². The van der Waals surface area contributed by atoms with Gasteiger partial charge in [0.2, 0.25) is 11.8 Å². The molecule has 4 saturated heterocycles. The number of rotatable bonds is 32.